The summed E-state index contributed by atoms with van der Waals surface area (Å²) >= 11 is 1.50. The Labute approximate surface area is 105 Å². The smallest absolute Gasteiger partial charge is 0.281 e. The Morgan fingerprint density at radius 2 is 2.06 bits per heavy atom. The molecule has 1 aromatic heterocycles. The van der Waals surface area contributed by atoms with Crippen molar-refractivity contribution in [3.63, 3.8) is 0 Å². The van der Waals surface area contributed by atoms with Gasteiger partial charge in [0.1, 0.15) is 0 Å². The fourth-order valence-corrected chi connectivity index (χ4v) is 2.44. The molecule has 0 aliphatic carbocycles. The number of nitrogens with one attached hydrogen (secondary N) is 1. The minimum atomic E-state index is 0.294. The van der Waals surface area contributed by atoms with Crippen LogP contribution in [0.5, 0.6) is 0 Å². The van der Waals surface area contributed by atoms with Gasteiger partial charge < -0.3 is 9.73 Å². The van der Waals surface area contributed by atoms with Gasteiger partial charge in [-0.1, -0.05) is 18.2 Å². The molecule has 0 saturated carbocycles. The zero-order chi connectivity index (χ0) is 12.3. The highest BCUT2D eigenvalue weighted by Crippen LogP contribution is 2.32. The summed E-state index contributed by atoms with van der Waals surface area (Å²) in [6.07, 6.45) is 0. The van der Waals surface area contributed by atoms with Gasteiger partial charge in [-0.2, -0.15) is 0 Å². The van der Waals surface area contributed by atoms with Gasteiger partial charge in [0, 0.05) is 17.9 Å². The lowest BCUT2D eigenvalue weighted by atomic mass is 10.1. The number of nitrogens with zero attached hydrogens (tertiary/aromatic N) is 2. The maximum atomic E-state index is 5.38. The van der Waals surface area contributed by atoms with E-state index in [0.717, 1.165) is 4.90 Å². The summed E-state index contributed by atoms with van der Waals surface area (Å²) in [7, 11) is 1.95. The van der Waals surface area contributed by atoms with Crippen LogP contribution in [0.4, 0.5) is 0 Å². The van der Waals surface area contributed by atoms with Crippen LogP contribution in [-0.2, 0) is 0 Å². The van der Waals surface area contributed by atoms with Crippen molar-refractivity contribution in [2.24, 2.45) is 0 Å². The number of hydrogen-bond acceptors (Lipinski definition) is 5. The Morgan fingerprint density at radius 1 is 1.29 bits per heavy atom. The van der Waals surface area contributed by atoms with E-state index in [1.165, 1.54) is 17.3 Å². The molecule has 2 aromatic rings. The Kier molecular flexibility index (Phi) is 3.81. The fourth-order valence-electron chi connectivity index (χ4n) is 1.50. The summed E-state index contributed by atoms with van der Waals surface area (Å²) in [5.74, 6) is 0.589. The van der Waals surface area contributed by atoms with Crippen LogP contribution in [0, 0.1) is 6.92 Å². The molecule has 0 spiro atoms. The van der Waals surface area contributed by atoms with E-state index < -0.39 is 0 Å². The predicted octanol–water partition coefficient (Wildman–Crippen LogP) is 2.81. The first kappa shape index (κ1) is 12.1. The predicted molar refractivity (Wildman–Crippen MR) is 67.1 cm³/mol. The van der Waals surface area contributed by atoms with Crippen LogP contribution in [0.3, 0.4) is 0 Å². The monoisotopic (exact) mass is 249 g/mol. The van der Waals surface area contributed by atoms with Crippen LogP contribution in [0.25, 0.3) is 0 Å². The molecule has 1 N–H and O–H groups in total. The standard InChI is InChI=1S/C12H15N3OS/c1-8(13-3)10-6-4-5-7-11(10)17-12-15-14-9(2)16-12/h4-8,13H,1-3H3. The van der Waals surface area contributed by atoms with Crippen LogP contribution in [0.15, 0.2) is 38.8 Å². The second-order valence-electron chi connectivity index (χ2n) is 3.74. The molecule has 0 radical (unpaired) electrons. The highest BCUT2D eigenvalue weighted by Gasteiger charge is 2.12. The molecule has 1 aromatic carbocycles. The van der Waals surface area contributed by atoms with Crippen molar-refractivity contribution in [1.82, 2.24) is 15.5 Å². The van der Waals surface area contributed by atoms with Crippen LogP contribution in [0.1, 0.15) is 24.4 Å². The van der Waals surface area contributed by atoms with Crippen molar-refractivity contribution >= 4 is 11.8 Å². The van der Waals surface area contributed by atoms with Crippen LogP contribution in [0.2, 0.25) is 0 Å². The molecule has 0 aliphatic rings. The summed E-state index contributed by atoms with van der Waals surface area (Å²) in [4.78, 5) is 1.14. The van der Waals surface area contributed by atoms with Crippen LogP contribution >= 0.6 is 11.8 Å². The Hall–Kier alpha value is -1.33. The zero-order valence-electron chi connectivity index (χ0n) is 10.1. The van der Waals surface area contributed by atoms with Gasteiger partial charge in [0.15, 0.2) is 0 Å². The molecular weight excluding hydrogens is 234 g/mol. The van der Waals surface area contributed by atoms with Gasteiger partial charge in [-0.05, 0) is 37.4 Å². The Bertz CT molecular complexity index is 498. The van der Waals surface area contributed by atoms with Gasteiger partial charge in [0.25, 0.3) is 5.22 Å². The van der Waals surface area contributed by atoms with Crippen molar-refractivity contribution in [3.05, 3.63) is 35.7 Å². The van der Waals surface area contributed by atoms with Crippen molar-refractivity contribution in [2.45, 2.75) is 30.0 Å². The van der Waals surface area contributed by atoms with E-state index >= 15 is 0 Å². The highest BCUT2D eigenvalue weighted by atomic mass is 32.2. The number of rotatable bonds is 4. The van der Waals surface area contributed by atoms with Gasteiger partial charge in [-0.3, -0.25) is 0 Å². The molecule has 0 fully saturated rings. The molecule has 4 nitrogen and oxygen atoms in total. The van der Waals surface area contributed by atoms with Crippen molar-refractivity contribution < 1.29 is 4.42 Å². The zero-order valence-corrected chi connectivity index (χ0v) is 10.9. The average molecular weight is 249 g/mol. The third kappa shape index (κ3) is 2.87. The minimum Gasteiger partial charge on any atom is -0.416 e. The summed E-state index contributed by atoms with van der Waals surface area (Å²) in [6, 6.07) is 8.51. The summed E-state index contributed by atoms with van der Waals surface area (Å²) in [5, 5.41) is 11.6. The van der Waals surface area contributed by atoms with Crippen molar-refractivity contribution in [3.8, 4) is 0 Å². The van der Waals surface area contributed by atoms with Gasteiger partial charge >= 0.3 is 0 Å². The molecule has 17 heavy (non-hydrogen) atoms. The molecular formula is C12H15N3OS. The highest BCUT2D eigenvalue weighted by molar-refractivity contribution is 7.99. The lowest BCUT2D eigenvalue weighted by Crippen LogP contribution is -2.12. The van der Waals surface area contributed by atoms with E-state index in [1.54, 1.807) is 6.92 Å². The molecule has 2 rings (SSSR count). The summed E-state index contributed by atoms with van der Waals surface area (Å²) in [5.41, 5.74) is 1.23. The van der Waals surface area contributed by atoms with Crippen LogP contribution in [-0.4, -0.2) is 17.2 Å². The first-order chi connectivity index (χ1) is 8.20. The molecule has 90 valence electrons. The van der Waals surface area contributed by atoms with E-state index in [1.807, 2.05) is 19.2 Å². The molecule has 1 heterocycles. The van der Waals surface area contributed by atoms with E-state index in [-0.39, 0.29) is 0 Å². The Balaban J connectivity index is 2.26. The molecule has 0 bridgehead atoms. The first-order valence-corrected chi connectivity index (χ1v) is 6.26. The number of hydrogen-bond donors (Lipinski definition) is 1. The van der Waals surface area contributed by atoms with E-state index in [0.29, 0.717) is 17.2 Å². The van der Waals surface area contributed by atoms with E-state index in [2.05, 4.69) is 34.6 Å². The van der Waals surface area contributed by atoms with Crippen LogP contribution < -0.4 is 5.32 Å². The molecule has 1 atom stereocenters. The minimum absolute atomic E-state index is 0.294. The molecule has 1 unspecified atom stereocenters. The van der Waals surface area contributed by atoms with E-state index in [9.17, 15) is 0 Å². The third-order valence-electron chi connectivity index (χ3n) is 2.52. The maximum absolute atomic E-state index is 5.38. The number of aryl methyl sites for hydroxylation is 1. The summed E-state index contributed by atoms with van der Waals surface area (Å²) < 4.78 is 5.38. The molecule has 0 saturated heterocycles. The van der Waals surface area contributed by atoms with Gasteiger partial charge in [0.2, 0.25) is 5.89 Å². The largest absolute Gasteiger partial charge is 0.416 e. The summed E-state index contributed by atoms with van der Waals surface area (Å²) in [6.45, 7) is 3.91. The molecule has 0 amide bonds. The molecule has 0 aliphatic heterocycles. The second kappa shape index (κ2) is 5.33. The topological polar surface area (TPSA) is 51.0 Å². The lowest BCUT2D eigenvalue weighted by Gasteiger charge is -2.13. The number of aromatic nitrogens is 2. The first-order valence-electron chi connectivity index (χ1n) is 5.45. The number of benzene rings is 1. The third-order valence-corrected chi connectivity index (χ3v) is 3.45. The van der Waals surface area contributed by atoms with Crippen molar-refractivity contribution in [2.75, 3.05) is 7.05 Å². The second-order valence-corrected chi connectivity index (χ2v) is 4.73. The molecule has 5 heteroatoms. The average Bonchev–Trinajstić information content (AvgIpc) is 2.74. The quantitative estimate of drug-likeness (QED) is 0.903. The fraction of sp³-hybridized carbons (Fsp3) is 0.333. The van der Waals surface area contributed by atoms with Crippen molar-refractivity contribution in [1.29, 1.82) is 0 Å². The SMILES string of the molecule is CNC(C)c1ccccc1Sc1nnc(C)o1. The lowest BCUT2D eigenvalue weighted by molar-refractivity contribution is 0.429. The maximum Gasteiger partial charge on any atom is 0.281 e. The van der Waals surface area contributed by atoms with E-state index in [4.69, 9.17) is 4.42 Å². The van der Waals surface area contributed by atoms with Gasteiger partial charge in [0.05, 0.1) is 0 Å². The Morgan fingerprint density at radius 3 is 2.71 bits per heavy atom. The normalized spacial score (nSPS) is 12.6. The van der Waals surface area contributed by atoms with Gasteiger partial charge in [-0.25, -0.2) is 0 Å². The van der Waals surface area contributed by atoms with Gasteiger partial charge in [-0.15, -0.1) is 10.2 Å².